The maximum absolute atomic E-state index is 15.2. The van der Waals surface area contributed by atoms with E-state index in [1.165, 1.54) is 55.4 Å². The van der Waals surface area contributed by atoms with Crippen LogP contribution in [0, 0.1) is 11.6 Å². The maximum Gasteiger partial charge on any atom is 0.414 e. The van der Waals surface area contributed by atoms with E-state index in [9.17, 15) is 52.3 Å². The van der Waals surface area contributed by atoms with Crippen LogP contribution in [0.15, 0.2) is 84.9 Å². The number of hydrogen-bond acceptors (Lipinski definition) is 18. The lowest BCUT2D eigenvalue weighted by atomic mass is 10.1. The molecule has 0 unspecified atom stereocenters. The summed E-state index contributed by atoms with van der Waals surface area (Å²) in [5.74, 6) is -2.80. The zero-order valence-corrected chi connectivity index (χ0v) is 56.8. The monoisotopic (exact) mass is 1340 g/mol. The van der Waals surface area contributed by atoms with Crippen LogP contribution >= 0.6 is 0 Å². The third-order valence-electron chi connectivity index (χ3n) is 14.9. The molecule has 26 nitrogen and oxygen atoms in total. The van der Waals surface area contributed by atoms with E-state index in [2.05, 4.69) is 52.3 Å². The fourth-order valence-corrected chi connectivity index (χ4v) is 10.1. The zero-order valence-electron chi connectivity index (χ0n) is 56.8. The third kappa shape index (κ3) is 26.0. The molecule has 0 saturated carbocycles. The quantitative estimate of drug-likeness (QED) is 0.0335. The summed E-state index contributed by atoms with van der Waals surface area (Å²) in [6, 6.07) is 22.1. The SMILES string of the molecule is CC(=O)Nc1ccc(C(=O)CCC(=O)N2CCN(c3ccc(N4C[C@H](CNC(=O)OC(C)(C)C)OC4=O)cc3F)CC2)cc1.CC(=O)Nc1ccc(C(=O)CCC(=O)O)cc1.CC(C)(C)OC(=O)NC[C@H]1CN(c2ccc(N3CCNCC3)c(F)c2)C(=O)O1.CCN(CC)CC. The molecule has 4 saturated heterocycles. The molecular weight excluding hydrogens is 1250 g/mol. The molecule has 8 rings (SSSR count). The Morgan fingerprint density at radius 3 is 1.29 bits per heavy atom. The Balaban J connectivity index is 0.000000271. The lowest BCUT2D eigenvalue weighted by molar-refractivity contribution is -0.137. The van der Waals surface area contributed by atoms with Crippen molar-refractivity contribution in [2.75, 3.05) is 128 Å². The number of halogens is 2. The minimum Gasteiger partial charge on any atom is -0.481 e. The number of carboxylic acids is 1. The first-order chi connectivity index (χ1) is 45.3. The highest BCUT2D eigenvalue weighted by Crippen LogP contribution is 2.31. The van der Waals surface area contributed by atoms with Gasteiger partial charge >= 0.3 is 30.3 Å². The summed E-state index contributed by atoms with van der Waals surface area (Å²) in [7, 11) is 0. The number of Topliss-reactive ketones (excluding diaryl/α,β-unsaturated/α-hetero) is 2. The molecule has 4 fully saturated rings. The zero-order chi connectivity index (χ0) is 70.9. The van der Waals surface area contributed by atoms with Gasteiger partial charge < -0.3 is 70.2 Å². The van der Waals surface area contributed by atoms with Crippen LogP contribution in [0.5, 0.6) is 0 Å². The number of rotatable bonds is 21. The number of piperazine rings is 2. The highest BCUT2D eigenvalue weighted by Gasteiger charge is 2.36. The van der Waals surface area contributed by atoms with Gasteiger partial charge in [0.2, 0.25) is 17.7 Å². The van der Waals surface area contributed by atoms with Crippen molar-refractivity contribution in [1.82, 2.24) is 25.8 Å². The Morgan fingerprint density at radius 2 is 0.948 bits per heavy atom. The fraction of sp³-hybridized carbons (Fsp3) is 0.500. The van der Waals surface area contributed by atoms with Gasteiger partial charge in [0, 0.05) is 108 Å². The van der Waals surface area contributed by atoms with E-state index in [0.29, 0.717) is 71.4 Å². The second kappa shape index (κ2) is 37.0. The third-order valence-corrected chi connectivity index (χ3v) is 14.9. The topological polar surface area (TPSA) is 307 Å². The van der Waals surface area contributed by atoms with Gasteiger partial charge in [-0.15, -0.1) is 0 Å². The summed E-state index contributed by atoms with van der Waals surface area (Å²) < 4.78 is 50.8. The van der Waals surface area contributed by atoms with Gasteiger partial charge in [0.25, 0.3) is 0 Å². The molecule has 0 spiro atoms. The number of carboxylic acid groups (broad SMARTS) is 1. The molecule has 0 bridgehead atoms. The maximum atomic E-state index is 15.2. The number of benzene rings is 4. The number of alkyl carbamates (subject to hydrolysis) is 2. The predicted octanol–water partition coefficient (Wildman–Crippen LogP) is 9.07. The highest BCUT2D eigenvalue weighted by molar-refractivity contribution is 5.99. The standard InChI is InChI=1S/C31H38FN5O7.C19H27FN4O4.C12H13NO4.C6H15N/c1-20(38)34-22-7-5-21(6-8-22)27(39)11-12-28(40)36-15-13-35(14-16-36)26-10-9-23(17-25(26)32)37-19-24(43-30(37)42)18-33-29(41)44-31(2,3)4;1-19(2,3)28-17(25)22-11-14-12-24(18(26)27-14)13-4-5-16(15(20)10-13)23-8-6-21-7-9-23;1-8(14)13-10-4-2-9(3-5-10)11(15)6-7-12(16)17;1-4-7(5-2)6-3/h5-10,17,24H,11-16,18-19H2,1-4H3,(H,33,41)(H,34,38);4-5,10,14,21H,6-9,11-12H2,1-3H3,(H,22,25);2-5H,6-7H2,1H3,(H,13,14)(H,16,17);4-6H2,1-3H3/t24-;14-;;/m00../s1. The molecule has 7 amide bonds. The van der Waals surface area contributed by atoms with E-state index < -0.39 is 59.6 Å². The Kier molecular flexibility index (Phi) is 29.8. The molecule has 524 valence electrons. The summed E-state index contributed by atoms with van der Waals surface area (Å²) in [5.41, 5.74) is 2.49. The molecule has 6 N–H and O–H groups in total. The number of ketones is 2. The molecule has 2 atom stereocenters. The van der Waals surface area contributed by atoms with E-state index >= 15 is 4.39 Å². The molecule has 0 aromatic heterocycles. The van der Waals surface area contributed by atoms with Crippen molar-refractivity contribution in [3.8, 4) is 0 Å². The number of cyclic esters (lactones) is 2. The summed E-state index contributed by atoms with van der Waals surface area (Å²) in [4.78, 5) is 128. The fourth-order valence-electron chi connectivity index (χ4n) is 10.1. The number of hydrogen-bond donors (Lipinski definition) is 6. The van der Waals surface area contributed by atoms with Gasteiger partial charge in [-0.3, -0.25) is 38.6 Å². The van der Waals surface area contributed by atoms with Gasteiger partial charge in [-0.1, -0.05) is 20.8 Å². The van der Waals surface area contributed by atoms with Crippen molar-refractivity contribution in [2.45, 2.75) is 125 Å². The molecule has 4 aromatic carbocycles. The second-order valence-electron chi connectivity index (χ2n) is 24.8. The predicted molar refractivity (Wildman–Crippen MR) is 360 cm³/mol. The first-order valence-corrected chi connectivity index (χ1v) is 32.1. The van der Waals surface area contributed by atoms with Gasteiger partial charge in [0.1, 0.15) is 35.0 Å². The highest BCUT2D eigenvalue weighted by atomic mass is 19.1. The van der Waals surface area contributed by atoms with Crippen molar-refractivity contribution >= 4 is 93.8 Å². The lowest BCUT2D eigenvalue weighted by Crippen LogP contribution is -2.49. The van der Waals surface area contributed by atoms with Crippen molar-refractivity contribution < 1.29 is 80.8 Å². The first kappa shape index (κ1) is 77.3. The molecule has 0 aliphatic carbocycles. The number of carbonyl (C=O) groups excluding carboxylic acids is 9. The van der Waals surface area contributed by atoms with Crippen LogP contribution in [-0.4, -0.2) is 196 Å². The van der Waals surface area contributed by atoms with Gasteiger partial charge in [-0.05, 0) is 146 Å². The van der Waals surface area contributed by atoms with Crippen LogP contribution in [0.1, 0.15) is 123 Å². The van der Waals surface area contributed by atoms with E-state index in [1.54, 1.807) is 119 Å². The number of carbonyl (C=O) groups is 10. The molecular formula is C68H93F2N11O15. The van der Waals surface area contributed by atoms with Crippen molar-refractivity contribution in [2.24, 2.45) is 0 Å². The van der Waals surface area contributed by atoms with Crippen LogP contribution in [0.25, 0.3) is 0 Å². The Hall–Kier alpha value is -9.44. The normalized spacial score (nSPS) is 16.0. The number of ether oxygens (including phenoxy) is 4. The van der Waals surface area contributed by atoms with Crippen LogP contribution in [-0.2, 0) is 38.1 Å². The molecule has 4 aliphatic heterocycles. The van der Waals surface area contributed by atoms with Crippen LogP contribution in [0.3, 0.4) is 0 Å². The van der Waals surface area contributed by atoms with Crippen LogP contribution in [0.4, 0.5) is 62.1 Å². The molecule has 4 aromatic rings. The van der Waals surface area contributed by atoms with Crippen molar-refractivity contribution in [3.05, 3.63) is 108 Å². The largest absolute Gasteiger partial charge is 0.481 e. The van der Waals surface area contributed by atoms with Crippen LogP contribution in [0.2, 0.25) is 0 Å². The number of amides is 7. The number of anilines is 6. The Morgan fingerprint density at radius 1 is 0.562 bits per heavy atom. The second-order valence-corrected chi connectivity index (χ2v) is 24.8. The summed E-state index contributed by atoms with van der Waals surface area (Å²) in [6.07, 6.45) is -3.61. The van der Waals surface area contributed by atoms with Crippen molar-refractivity contribution in [1.29, 1.82) is 0 Å². The van der Waals surface area contributed by atoms with E-state index in [0.717, 1.165) is 26.2 Å². The van der Waals surface area contributed by atoms with Crippen molar-refractivity contribution in [3.63, 3.8) is 0 Å². The van der Waals surface area contributed by atoms with E-state index in [4.69, 9.17) is 24.1 Å². The summed E-state index contributed by atoms with van der Waals surface area (Å²) in [5, 5.41) is 22.1. The Labute approximate surface area is 559 Å². The van der Waals surface area contributed by atoms with Gasteiger partial charge in [0.15, 0.2) is 11.6 Å². The minimum absolute atomic E-state index is 0.0190. The summed E-state index contributed by atoms with van der Waals surface area (Å²) >= 11 is 0. The average Bonchev–Trinajstić information content (AvgIpc) is 1.53. The average molecular weight is 1340 g/mol. The Bertz CT molecular complexity index is 3300. The summed E-state index contributed by atoms with van der Waals surface area (Å²) in [6.45, 7) is 28.7. The van der Waals surface area contributed by atoms with Gasteiger partial charge in [-0.2, -0.15) is 0 Å². The number of aliphatic carboxylic acids is 1. The smallest absolute Gasteiger partial charge is 0.414 e. The molecule has 0 radical (unpaired) electrons. The first-order valence-electron chi connectivity index (χ1n) is 32.1. The number of nitrogens with zero attached hydrogens (tertiary/aromatic N) is 6. The van der Waals surface area contributed by atoms with Gasteiger partial charge in [-0.25, -0.2) is 28.0 Å². The van der Waals surface area contributed by atoms with E-state index in [1.807, 2.05) is 9.80 Å². The van der Waals surface area contributed by atoms with Crippen LogP contribution < -0.4 is 46.2 Å². The lowest BCUT2D eigenvalue weighted by Gasteiger charge is -2.36. The molecule has 96 heavy (non-hydrogen) atoms. The molecule has 28 heteroatoms. The molecule has 4 heterocycles. The van der Waals surface area contributed by atoms with E-state index in [-0.39, 0.29) is 87.0 Å². The molecule has 4 aliphatic rings. The number of nitrogens with one attached hydrogen (secondary N) is 5. The minimum atomic E-state index is -0.992. The van der Waals surface area contributed by atoms with Gasteiger partial charge in [0.05, 0.1) is 55.3 Å².